The number of nitrogens with zero attached hydrogens (tertiary/aromatic N) is 1. The fourth-order valence-electron chi connectivity index (χ4n) is 2.62. The van der Waals surface area contributed by atoms with Gasteiger partial charge in [-0.15, -0.1) is 0 Å². The zero-order chi connectivity index (χ0) is 11.4. The van der Waals surface area contributed by atoms with Crippen molar-refractivity contribution < 1.29 is 9.53 Å². The van der Waals surface area contributed by atoms with Crippen LogP contribution in [-0.2, 0) is 9.53 Å². The van der Waals surface area contributed by atoms with Crippen molar-refractivity contribution in [3.63, 3.8) is 0 Å². The average Bonchev–Trinajstić information content (AvgIpc) is 2.35. The predicted molar refractivity (Wildman–Crippen MR) is 61.0 cm³/mol. The Kier molecular flexibility index (Phi) is 4.15. The van der Waals surface area contributed by atoms with E-state index in [1.807, 2.05) is 0 Å². The molecule has 0 aromatic carbocycles. The van der Waals surface area contributed by atoms with Crippen molar-refractivity contribution in [2.45, 2.75) is 31.5 Å². The maximum absolute atomic E-state index is 11.1. The van der Waals surface area contributed by atoms with Crippen molar-refractivity contribution >= 4 is 5.97 Å². The zero-order valence-electron chi connectivity index (χ0n) is 9.87. The van der Waals surface area contributed by atoms with E-state index in [-0.39, 0.29) is 5.97 Å². The van der Waals surface area contributed by atoms with E-state index < -0.39 is 0 Å². The summed E-state index contributed by atoms with van der Waals surface area (Å²) < 4.78 is 4.68. The standard InChI is InChI=1S/C11H21N3O2/c1-16-10(15)4-7-14-8-6-13-11-9(14)3-2-5-12-11/h9,11-13H,2-8H2,1H3. The molecule has 2 fully saturated rings. The SMILES string of the molecule is COC(=O)CCN1CCNC2NCCCC21. The summed E-state index contributed by atoms with van der Waals surface area (Å²) in [5.74, 6) is -0.112. The number of hydrogen-bond donors (Lipinski definition) is 2. The van der Waals surface area contributed by atoms with E-state index in [4.69, 9.17) is 0 Å². The van der Waals surface area contributed by atoms with Gasteiger partial charge in [0.05, 0.1) is 19.7 Å². The third-order valence-corrected chi connectivity index (χ3v) is 3.49. The zero-order valence-corrected chi connectivity index (χ0v) is 9.87. The Morgan fingerprint density at radius 3 is 3.06 bits per heavy atom. The van der Waals surface area contributed by atoms with Crippen LogP contribution < -0.4 is 10.6 Å². The van der Waals surface area contributed by atoms with Gasteiger partial charge in [0.15, 0.2) is 0 Å². The molecule has 0 aromatic rings. The first-order valence-corrected chi connectivity index (χ1v) is 6.09. The van der Waals surface area contributed by atoms with Crippen LogP contribution in [0.3, 0.4) is 0 Å². The van der Waals surface area contributed by atoms with Crippen molar-refractivity contribution in [1.29, 1.82) is 0 Å². The van der Waals surface area contributed by atoms with E-state index in [0.717, 1.165) is 26.2 Å². The minimum Gasteiger partial charge on any atom is -0.469 e. The lowest BCUT2D eigenvalue weighted by Crippen LogP contribution is -2.65. The molecule has 0 aliphatic carbocycles. The Labute approximate surface area is 96.5 Å². The number of nitrogens with one attached hydrogen (secondary N) is 2. The van der Waals surface area contributed by atoms with Crippen molar-refractivity contribution in [2.75, 3.05) is 33.3 Å². The van der Waals surface area contributed by atoms with E-state index in [1.165, 1.54) is 20.0 Å². The Hall–Kier alpha value is -0.650. The van der Waals surface area contributed by atoms with E-state index in [2.05, 4.69) is 20.3 Å². The van der Waals surface area contributed by atoms with Gasteiger partial charge < -0.3 is 10.1 Å². The van der Waals surface area contributed by atoms with Crippen LogP contribution in [-0.4, -0.2) is 56.4 Å². The lowest BCUT2D eigenvalue weighted by molar-refractivity contribution is -0.141. The third kappa shape index (κ3) is 2.72. The molecule has 5 nitrogen and oxygen atoms in total. The second-order valence-electron chi connectivity index (χ2n) is 4.46. The third-order valence-electron chi connectivity index (χ3n) is 3.49. The number of piperazine rings is 1. The van der Waals surface area contributed by atoms with Crippen LogP contribution in [0.15, 0.2) is 0 Å². The van der Waals surface area contributed by atoms with Crippen LogP contribution in [0.4, 0.5) is 0 Å². The molecule has 2 atom stereocenters. The summed E-state index contributed by atoms with van der Waals surface area (Å²) in [6, 6.07) is 0.534. The lowest BCUT2D eigenvalue weighted by Gasteiger charge is -2.44. The van der Waals surface area contributed by atoms with Crippen LogP contribution in [0.5, 0.6) is 0 Å². The highest BCUT2D eigenvalue weighted by Gasteiger charge is 2.32. The molecule has 2 unspecified atom stereocenters. The Morgan fingerprint density at radius 2 is 2.25 bits per heavy atom. The van der Waals surface area contributed by atoms with Gasteiger partial charge in [-0.25, -0.2) is 0 Å². The Bertz CT molecular complexity index is 245. The van der Waals surface area contributed by atoms with Gasteiger partial charge in [0.1, 0.15) is 0 Å². The van der Waals surface area contributed by atoms with Crippen LogP contribution in [0.1, 0.15) is 19.3 Å². The molecule has 2 aliphatic heterocycles. The summed E-state index contributed by atoms with van der Waals surface area (Å²) in [6.07, 6.45) is 3.34. The monoisotopic (exact) mass is 227 g/mol. The fourth-order valence-corrected chi connectivity index (χ4v) is 2.62. The number of fused-ring (bicyclic) bond motifs is 1. The van der Waals surface area contributed by atoms with Gasteiger partial charge >= 0.3 is 5.97 Å². The first kappa shape index (κ1) is 11.8. The average molecular weight is 227 g/mol. The van der Waals surface area contributed by atoms with Gasteiger partial charge in [0.25, 0.3) is 0 Å². The second kappa shape index (κ2) is 5.61. The van der Waals surface area contributed by atoms with Crippen LogP contribution in [0, 0.1) is 0 Å². The molecular weight excluding hydrogens is 206 g/mol. The smallest absolute Gasteiger partial charge is 0.306 e. The molecule has 0 amide bonds. The fraction of sp³-hybridized carbons (Fsp3) is 0.909. The van der Waals surface area contributed by atoms with Gasteiger partial charge in [-0.2, -0.15) is 0 Å². The van der Waals surface area contributed by atoms with Crippen LogP contribution >= 0.6 is 0 Å². The molecule has 0 saturated carbocycles. The van der Waals surface area contributed by atoms with Crippen molar-refractivity contribution in [2.24, 2.45) is 0 Å². The summed E-state index contributed by atoms with van der Waals surface area (Å²) in [5.41, 5.74) is 0. The number of ether oxygens (including phenoxy) is 1. The van der Waals surface area contributed by atoms with Gasteiger partial charge in [0, 0.05) is 25.7 Å². The van der Waals surface area contributed by atoms with E-state index in [0.29, 0.717) is 18.6 Å². The number of carbonyl (C=O) groups excluding carboxylic acids is 1. The molecule has 0 spiro atoms. The highest BCUT2D eigenvalue weighted by molar-refractivity contribution is 5.69. The summed E-state index contributed by atoms with van der Waals surface area (Å²) in [7, 11) is 1.45. The van der Waals surface area contributed by atoms with E-state index in [1.54, 1.807) is 0 Å². The quantitative estimate of drug-likeness (QED) is 0.639. The van der Waals surface area contributed by atoms with Crippen LogP contribution in [0.2, 0.25) is 0 Å². The first-order chi connectivity index (χ1) is 7.81. The molecule has 0 aromatic heterocycles. The van der Waals surface area contributed by atoms with Gasteiger partial charge in [-0.3, -0.25) is 15.0 Å². The number of carbonyl (C=O) groups is 1. The van der Waals surface area contributed by atoms with Crippen molar-refractivity contribution in [3.8, 4) is 0 Å². The minimum absolute atomic E-state index is 0.112. The molecule has 92 valence electrons. The van der Waals surface area contributed by atoms with Gasteiger partial charge in [-0.05, 0) is 19.4 Å². The first-order valence-electron chi connectivity index (χ1n) is 6.09. The normalized spacial score (nSPS) is 30.8. The van der Waals surface area contributed by atoms with Crippen molar-refractivity contribution in [1.82, 2.24) is 15.5 Å². The predicted octanol–water partition coefficient (Wildman–Crippen LogP) is -0.467. The number of esters is 1. The molecule has 2 heterocycles. The van der Waals surface area contributed by atoms with E-state index >= 15 is 0 Å². The number of methoxy groups -OCH3 is 1. The largest absolute Gasteiger partial charge is 0.469 e. The molecule has 2 N–H and O–H groups in total. The minimum atomic E-state index is -0.112. The maximum Gasteiger partial charge on any atom is 0.306 e. The molecule has 2 saturated heterocycles. The lowest BCUT2D eigenvalue weighted by atomic mass is 10.00. The molecule has 0 radical (unpaired) electrons. The highest BCUT2D eigenvalue weighted by Crippen LogP contribution is 2.17. The Morgan fingerprint density at radius 1 is 1.44 bits per heavy atom. The molecule has 2 aliphatic rings. The second-order valence-corrected chi connectivity index (χ2v) is 4.46. The molecule has 5 heteroatoms. The Balaban J connectivity index is 1.85. The number of piperidine rings is 1. The topological polar surface area (TPSA) is 53.6 Å². The molecule has 16 heavy (non-hydrogen) atoms. The number of rotatable bonds is 3. The molecule has 2 rings (SSSR count). The number of hydrogen-bond acceptors (Lipinski definition) is 5. The summed E-state index contributed by atoms with van der Waals surface area (Å²) in [5, 5.41) is 6.97. The summed E-state index contributed by atoms with van der Waals surface area (Å²) in [4.78, 5) is 13.5. The van der Waals surface area contributed by atoms with Crippen LogP contribution in [0.25, 0.3) is 0 Å². The molecule has 0 bridgehead atoms. The summed E-state index contributed by atoms with van der Waals surface area (Å²) >= 11 is 0. The maximum atomic E-state index is 11.1. The van der Waals surface area contributed by atoms with E-state index in [9.17, 15) is 4.79 Å². The summed E-state index contributed by atoms with van der Waals surface area (Å²) in [6.45, 7) is 3.94. The van der Waals surface area contributed by atoms with Gasteiger partial charge in [0.2, 0.25) is 0 Å². The molecular formula is C11H21N3O2. The van der Waals surface area contributed by atoms with Gasteiger partial charge in [-0.1, -0.05) is 0 Å². The van der Waals surface area contributed by atoms with Crippen molar-refractivity contribution in [3.05, 3.63) is 0 Å². The highest BCUT2D eigenvalue weighted by atomic mass is 16.5.